The van der Waals surface area contributed by atoms with Gasteiger partial charge < -0.3 is 24.5 Å². The number of pyridine rings is 1. The van der Waals surface area contributed by atoms with Gasteiger partial charge in [0.2, 0.25) is 7.37 Å². The summed E-state index contributed by atoms with van der Waals surface area (Å²) in [7, 11) is -8.26. The maximum absolute atomic E-state index is 11.9. The van der Waals surface area contributed by atoms with Gasteiger partial charge in [-0.15, -0.1) is 0 Å². The average molecular weight is 388 g/mol. The first-order chi connectivity index (χ1) is 11.5. The molecule has 2 unspecified atom stereocenters. The Kier molecular flexibility index (Phi) is 5.54. The number of methoxy groups -OCH3 is 1. The van der Waals surface area contributed by atoms with Crippen LogP contribution < -0.4 is 9.30 Å². The number of nitrogens with zero attached hydrogens (tertiary/aromatic N) is 1. The molecule has 0 aliphatic carbocycles. The highest BCUT2D eigenvalue weighted by atomic mass is 31.2. The van der Waals surface area contributed by atoms with E-state index in [0.717, 1.165) is 12.2 Å². The fourth-order valence-corrected chi connectivity index (χ4v) is 5.01. The zero-order valence-corrected chi connectivity index (χ0v) is 15.5. The van der Waals surface area contributed by atoms with Gasteiger partial charge in [-0.05, 0) is 23.8 Å². The second-order valence-electron chi connectivity index (χ2n) is 5.69. The third kappa shape index (κ3) is 4.18. The third-order valence-corrected chi connectivity index (χ3v) is 8.23. The van der Waals surface area contributed by atoms with Crippen molar-refractivity contribution in [1.29, 1.82) is 0 Å². The van der Waals surface area contributed by atoms with Crippen molar-refractivity contribution in [3.05, 3.63) is 48.8 Å². The van der Waals surface area contributed by atoms with E-state index < -0.39 is 26.6 Å². The third-order valence-electron chi connectivity index (χ3n) is 3.79. The minimum absolute atomic E-state index is 0.632. The second kappa shape index (κ2) is 7.00. The number of benzene rings is 1. The van der Waals surface area contributed by atoms with Gasteiger partial charge in [0.15, 0.2) is 18.9 Å². The van der Waals surface area contributed by atoms with E-state index in [0.29, 0.717) is 11.3 Å². The van der Waals surface area contributed by atoms with Crippen LogP contribution in [-0.4, -0.2) is 38.6 Å². The van der Waals surface area contributed by atoms with Crippen LogP contribution in [0.25, 0.3) is 11.1 Å². The molecule has 136 valence electrons. The van der Waals surface area contributed by atoms with Crippen molar-refractivity contribution >= 4 is 15.0 Å². The largest absolute Gasteiger partial charge is 0.497 e. The molecule has 25 heavy (non-hydrogen) atoms. The van der Waals surface area contributed by atoms with E-state index in [1.54, 1.807) is 30.3 Å². The summed E-state index contributed by atoms with van der Waals surface area (Å²) in [5.74, 6) is 0.632. The molecular weight excluding hydrogens is 368 g/mol. The smallest absolute Gasteiger partial charge is 0.373 e. The average Bonchev–Trinajstić information content (AvgIpc) is 2.53. The van der Waals surface area contributed by atoms with Gasteiger partial charge in [0.1, 0.15) is 5.75 Å². The molecule has 0 aliphatic heterocycles. The Bertz CT molecular complexity index is 836. The van der Waals surface area contributed by atoms with Crippen LogP contribution in [0.15, 0.2) is 48.8 Å². The molecule has 0 fully saturated rings. The van der Waals surface area contributed by atoms with Crippen LogP contribution in [0, 0.1) is 0 Å². The lowest BCUT2D eigenvalue weighted by Crippen LogP contribution is -2.47. The van der Waals surface area contributed by atoms with Crippen LogP contribution in [0.4, 0.5) is 0 Å². The summed E-state index contributed by atoms with van der Waals surface area (Å²) >= 11 is 0. The lowest BCUT2D eigenvalue weighted by atomic mass is 10.1. The lowest BCUT2D eigenvalue weighted by molar-refractivity contribution is -0.702. The number of aromatic nitrogens is 1. The second-order valence-corrected chi connectivity index (χ2v) is 10.4. The molecule has 0 aliphatic rings. The van der Waals surface area contributed by atoms with Crippen LogP contribution in [0.1, 0.15) is 0 Å². The summed E-state index contributed by atoms with van der Waals surface area (Å²) < 4.78 is 30.0. The first-order valence-corrected chi connectivity index (χ1v) is 10.9. The minimum Gasteiger partial charge on any atom is -0.497 e. The maximum atomic E-state index is 11.9. The van der Waals surface area contributed by atoms with Gasteiger partial charge in [-0.25, -0.2) is 4.57 Å². The van der Waals surface area contributed by atoms with E-state index in [1.165, 1.54) is 24.1 Å². The first kappa shape index (κ1) is 19.8. The molecule has 1 heterocycles. The number of aliphatic hydroxyl groups is 1. The Morgan fingerprint density at radius 2 is 1.76 bits per heavy atom. The Hall–Kier alpha value is -1.53. The van der Waals surface area contributed by atoms with Gasteiger partial charge in [-0.3, -0.25) is 9.13 Å². The highest BCUT2D eigenvalue weighted by molar-refractivity contribution is 7.74. The van der Waals surface area contributed by atoms with E-state index >= 15 is 0 Å². The number of rotatable bonds is 6. The van der Waals surface area contributed by atoms with Crippen LogP contribution >= 0.6 is 15.0 Å². The predicted octanol–water partition coefficient (Wildman–Crippen LogP) is 1.37. The van der Waals surface area contributed by atoms with Crippen molar-refractivity contribution in [2.75, 3.05) is 13.8 Å². The Balaban J connectivity index is 2.45. The Morgan fingerprint density at radius 3 is 2.32 bits per heavy atom. The SMILES string of the molecule is COc1cccc(-c2ccc[n+](CC(O)(P(C)(=O)O)P(=O)(O)O)c2)c1. The fourth-order valence-electron chi connectivity index (χ4n) is 2.30. The molecule has 2 aromatic rings. The summed E-state index contributed by atoms with van der Waals surface area (Å²) in [6, 6.07) is 10.5. The molecule has 1 aromatic carbocycles. The molecule has 0 bridgehead atoms. The van der Waals surface area contributed by atoms with Crippen molar-refractivity contribution in [1.82, 2.24) is 0 Å². The number of hydrogen-bond acceptors (Lipinski definition) is 4. The minimum atomic E-state index is -5.27. The Morgan fingerprint density at radius 1 is 1.12 bits per heavy atom. The summed E-state index contributed by atoms with van der Waals surface area (Å²) in [5, 5.41) is 7.19. The molecule has 4 N–H and O–H groups in total. The molecule has 0 spiro atoms. The van der Waals surface area contributed by atoms with Gasteiger partial charge >= 0.3 is 12.7 Å². The Labute approximate surface area is 145 Å². The molecule has 1 aromatic heterocycles. The van der Waals surface area contributed by atoms with Crippen molar-refractivity contribution in [3.63, 3.8) is 0 Å². The van der Waals surface area contributed by atoms with E-state index in [2.05, 4.69) is 0 Å². The molecule has 2 rings (SSSR count). The quantitative estimate of drug-likeness (QED) is 0.435. The fraction of sp³-hybridized carbons (Fsp3) is 0.267. The molecule has 10 heteroatoms. The van der Waals surface area contributed by atoms with Crippen LogP contribution in [0.2, 0.25) is 0 Å². The van der Waals surface area contributed by atoms with Gasteiger partial charge in [0, 0.05) is 18.3 Å². The van der Waals surface area contributed by atoms with Gasteiger partial charge in [-0.1, -0.05) is 12.1 Å². The zero-order chi connectivity index (χ0) is 18.9. The van der Waals surface area contributed by atoms with Crippen molar-refractivity contribution in [2.24, 2.45) is 0 Å². The molecular formula is C15H20NO7P2+. The van der Waals surface area contributed by atoms with Crippen LogP contribution in [0.3, 0.4) is 0 Å². The van der Waals surface area contributed by atoms with E-state index in [4.69, 9.17) is 4.74 Å². The number of hydrogen-bond donors (Lipinski definition) is 4. The van der Waals surface area contributed by atoms with Crippen LogP contribution in [0.5, 0.6) is 5.75 Å². The molecule has 0 amide bonds. The maximum Gasteiger partial charge on any atom is 0.373 e. The lowest BCUT2D eigenvalue weighted by Gasteiger charge is -2.27. The zero-order valence-electron chi connectivity index (χ0n) is 13.7. The predicted molar refractivity (Wildman–Crippen MR) is 91.4 cm³/mol. The highest BCUT2D eigenvalue weighted by Gasteiger charge is 2.60. The van der Waals surface area contributed by atoms with Crippen molar-refractivity contribution in [3.8, 4) is 16.9 Å². The summed E-state index contributed by atoms with van der Waals surface area (Å²) in [4.78, 5) is 28.4. The normalized spacial score (nSPS) is 16.7. The molecule has 0 saturated carbocycles. The van der Waals surface area contributed by atoms with Gasteiger partial charge in [0.25, 0.3) is 0 Å². The molecule has 2 atom stereocenters. The van der Waals surface area contributed by atoms with Crippen LogP contribution in [-0.2, 0) is 15.7 Å². The topological polar surface area (TPSA) is 128 Å². The van der Waals surface area contributed by atoms with Crippen molar-refractivity contribution in [2.45, 2.75) is 11.6 Å². The van der Waals surface area contributed by atoms with Gasteiger partial charge in [-0.2, -0.15) is 0 Å². The highest BCUT2D eigenvalue weighted by Crippen LogP contribution is 2.67. The summed E-state index contributed by atoms with van der Waals surface area (Å²) in [5.41, 5.74) is 1.45. The molecule has 8 nitrogen and oxygen atoms in total. The van der Waals surface area contributed by atoms with E-state index in [1.807, 2.05) is 6.07 Å². The molecule has 0 saturated heterocycles. The first-order valence-electron chi connectivity index (χ1n) is 7.20. The van der Waals surface area contributed by atoms with E-state index in [9.17, 15) is 28.9 Å². The van der Waals surface area contributed by atoms with E-state index in [-0.39, 0.29) is 0 Å². The standard InChI is InChI=1S/C15H19NO7P2/c1-23-14-7-3-5-12(9-14)13-6-4-8-16(10-13)11-15(17,24(2,18)19)25(20,21)22/h3-10,17H,11H2,1-2H3,(H2-,18,19,20,21,22)/p+1. The summed E-state index contributed by atoms with van der Waals surface area (Å²) in [6.07, 6.45) is 2.96. The van der Waals surface area contributed by atoms with Gasteiger partial charge in [0.05, 0.1) is 7.11 Å². The summed E-state index contributed by atoms with van der Waals surface area (Å²) in [6.45, 7) is -0.0159. The molecule has 0 radical (unpaired) electrons. The monoisotopic (exact) mass is 388 g/mol. The number of ether oxygens (including phenoxy) is 1. The van der Waals surface area contributed by atoms with Crippen molar-refractivity contribution < 1.29 is 38.2 Å².